The van der Waals surface area contributed by atoms with Crippen molar-refractivity contribution in [2.75, 3.05) is 23.3 Å². The van der Waals surface area contributed by atoms with Gasteiger partial charge in [0.15, 0.2) is 5.58 Å². The fourth-order valence-corrected chi connectivity index (χ4v) is 3.80. The zero-order chi connectivity index (χ0) is 20.5. The van der Waals surface area contributed by atoms with Crippen LogP contribution in [0, 0.1) is 6.92 Å². The normalized spacial score (nSPS) is 16.7. The van der Waals surface area contributed by atoms with Gasteiger partial charge in [0.1, 0.15) is 11.3 Å². The summed E-state index contributed by atoms with van der Waals surface area (Å²) in [6, 6.07) is 15.6. The zero-order valence-electron chi connectivity index (χ0n) is 16.7. The summed E-state index contributed by atoms with van der Waals surface area (Å²) in [5.74, 6) is 1.96. The number of aliphatic hydroxyl groups excluding tert-OH is 1. The summed E-state index contributed by atoms with van der Waals surface area (Å²) in [4.78, 5) is 15.7. The lowest BCUT2D eigenvalue weighted by atomic mass is 10.1. The van der Waals surface area contributed by atoms with Gasteiger partial charge in [-0.1, -0.05) is 12.1 Å². The van der Waals surface area contributed by atoms with Gasteiger partial charge in [-0.3, -0.25) is 0 Å². The molecule has 1 aliphatic rings. The molecule has 0 spiro atoms. The van der Waals surface area contributed by atoms with Crippen LogP contribution >= 0.6 is 0 Å². The predicted molar refractivity (Wildman–Crippen MR) is 117 cm³/mol. The highest BCUT2D eigenvalue weighted by Crippen LogP contribution is 2.28. The van der Waals surface area contributed by atoms with Gasteiger partial charge in [0.05, 0.1) is 6.10 Å². The molecule has 1 atom stereocenters. The van der Waals surface area contributed by atoms with E-state index in [1.54, 1.807) is 6.20 Å². The van der Waals surface area contributed by atoms with E-state index in [1.165, 1.54) is 0 Å². The number of anilines is 3. The number of aliphatic hydroxyl groups is 1. The SMILES string of the molecule is Cc1cc(-c2nc3ccccc3o2)ccc1Nc1nccc(N2CCCC(O)C2)n1. The monoisotopic (exact) mass is 401 g/mol. The summed E-state index contributed by atoms with van der Waals surface area (Å²) < 4.78 is 5.88. The Morgan fingerprint density at radius 1 is 1.13 bits per heavy atom. The van der Waals surface area contributed by atoms with Gasteiger partial charge in [0.25, 0.3) is 0 Å². The summed E-state index contributed by atoms with van der Waals surface area (Å²) >= 11 is 0. The highest BCUT2D eigenvalue weighted by molar-refractivity contribution is 5.76. The fraction of sp³-hybridized carbons (Fsp3) is 0.261. The molecule has 30 heavy (non-hydrogen) atoms. The second kappa shape index (κ2) is 7.76. The number of para-hydroxylation sites is 2. The van der Waals surface area contributed by atoms with E-state index in [-0.39, 0.29) is 6.10 Å². The Kier molecular flexibility index (Phi) is 4.80. The van der Waals surface area contributed by atoms with Crippen molar-refractivity contribution in [2.45, 2.75) is 25.9 Å². The summed E-state index contributed by atoms with van der Waals surface area (Å²) in [7, 11) is 0. The van der Waals surface area contributed by atoms with E-state index in [9.17, 15) is 5.11 Å². The molecule has 0 aliphatic carbocycles. The molecule has 1 fully saturated rings. The number of fused-ring (bicyclic) bond motifs is 1. The molecule has 1 unspecified atom stereocenters. The Morgan fingerprint density at radius 2 is 2.03 bits per heavy atom. The van der Waals surface area contributed by atoms with Gasteiger partial charge in [0, 0.05) is 30.5 Å². The second-order valence-electron chi connectivity index (χ2n) is 7.62. The summed E-state index contributed by atoms with van der Waals surface area (Å²) in [5.41, 5.74) is 4.51. The number of rotatable bonds is 4. The highest BCUT2D eigenvalue weighted by Gasteiger charge is 2.19. The molecular weight excluding hydrogens is 378 g/mol. The van der Waals surface area contributed by atoms with Crippen molar-refractivity contribution < 1.29 is 9.52 Å². The lowest BCUT2D eigenvalue weighted by molar-refractivity contribution is 0.154. The van der Waals surface area contributed by atoms with Crippen LogP contribution in [-0.4, -0.2) is 39.3 Å². The first-order valence-corrected chi connectivity index (χ1v) is 10.2. The molecule has 7 nitrogen and oxygen atoms in total. The van der Waals surface area contributed by atoms with Crippen molar-refractivity contribution in [3.05, 3.63) is 60.3 Å². The van der Waals surface area contributed by atoms with Crippen LogP contribution in [0.25, 0.3) is 22.6 Å². The molecule has 152 valence electrons. The molecule has 0 bridgehead atoms. The Labute approximate surface area is 174 Å². The average Bonchev–Trinajstić information content (AvgIpc) is 3.20. The van der Waals surface area contributed by atoms with E-state index in [4.69, 9.17) is 4.42 Å². The number of benzene rings is 2. The first-order chi connectivity index (χ1) is 14.7. The minimum atomic E-state index is -0.299. The molecule has 2 N–H and O–H groups in total. The Balaban J connectivity index is 1.37. The Hall–Kier alpha value is -3.45. The quantitative estimate of drug-likeness (QED) is 0.527. The third-order valence-corrected chi connectivity index (χ3v) is 5.38. The molecule has 1 saturated heterocycles. The van der Waals surface area contributed by atoms with Crippen molar-refractivity contribution in [3.63, 3.8) is 0 Å². The number of nitrogens with zero attached hydrogens (tertiary/aromatic N) is 4. The molecule has 0 radical (unpaired) electrons. The maximum atomic E-state index is 9.93. The van der Waals surface area contributed by atoms with Crippen LogP contribution in [0.2, 0.25) is 0 Å². The van der Waals surface area contributed by atoms with E-state index < -0.39 is 0 Å². The number of hydrogen-bond acceptors (Lipinski definition) is 7. The van der Waals surface area contributed by atoms with Crippen LogP contribution in [0.4, 0.5) is 17.5 Å². The molecular formula is C23H23N5O2. The molecule has 4 aromatic rings. The standard InChI is InChI=1S/C23H23N5O2/c1-15-13-16(22-25-19-6-2-3-7-20(19)30-22)8-9-18(15)26-23-24-11-10-21(27-23)28-12-4-5-17(29)14-28/h2-3,6-11,13,17,29H,4-5,12,14H2,1H3,(H,24,26,27). The van der Waals surface area contributed by atoms with Gasteiger partial charge in [0.2, 0.25) is 11.8 Å². The summed E-state index contributed by atoms with van der Waals surface area (Å²) in [6.07, 6.45) is 3.25. The first kappa shape index (κ1) is 18.6. The van der Waals surface area contributed by atoms with E-state index >= 15 is 0 Å². The minimum Gasteiger partial charge on any atom is -0.436 e. The fourth-order valence-electron chi connectivity index (χ4n) is 3.80. The molecule has 1 aliphatic heterocycles. The Bertz CT molecular complexity index is 1160. The van der Waals surface area contributed by atoms with Gasteiger partial charge < -0.3 is 19.7 Å². The second-order valence-corrected chi connectivity index (χ2v) is 7.62. The summed E-state index contributed by atoms with van der Waals surface area (Å²) in [5, 5.41) is 13.2. The van der Waals surface area contributed by atoms with Crippen LogP contribution in [-0.2, 0) is 0 Å². The minimum absolute atomic E-state index is 0.299. The number of aryl methyl sites for hydroxylation is 1. The zero-order valence-corrected chi connectivity index (χ0v) is 16.7. The van der Waals surface area contributed by atoms with Gasteiger partial charge >= 0.3 is 0 Å². The third kappa shape index (κ3) is 3.71. The molecule has 3 heterocycles. The van der Waals surface area contributed by atoms with Crippen LogP contribution in [0.3, 0.4) is 0 Å². The lowest BCUT2D eigenvalue weighted by Crippen LogP contribution is -2.38. The van der Waals surface area contributed by atoms with Crippen molar-refractivity contribution in [1.82, 2.24) is 15.0 Å². The van der Waals surface area contributed by atoms with Crippen LogP contribution in [0.5, 0.6) is 0 Å². The molecule has 2 aromatic carbocycles. The van der Waals surface area contributed by atoms with Crippen molar-refractivity contribution in [2.24, 2.45) is 0 Å². The van der Waals surface area contributed by atoms with E-state index in [0.717, 1.165) is 53.1 Å². The number of oxazole rings is 1. The smallest absolute Gasteiger partial charge is 0.229 e. The van der Waals surface area contributed by atoms with Crippen molar-refractivity contribution in [3.8, 4) is 11.5 Å². The topological polar surface area (TPSA) is 87.3 Å². The van der Waals surface area contributed by atoms with Gasteiger partial charge in [-0.25, -0.2) is 9.97 Å². The highest BCUT2D eigenvalue weighted by atomic mass is 16.3. The van der Waals surface area contributed by atoms with Crippen LogP contribution in [0.1, 0.15) is 18.4 Å². The number of β-amino-alcohol motifs (C(OH)–C–C–N with tert-alkyl or cyclic N) is 1. The van der Waals surface area contributed by atoms with Gasteiger partial charge in [-0.15, -0.1) is 0 Å². The van der Waals surface area contributed by atoms with Crippen molar-refractivity contribution >= 4 is 28.6 Å². The van der Waals surface area contributed by atoms with Crippen LogP contribution < -0.4 is 10.2 Å². The number of aromatic nitrogens is 3. The molecule has 0 saturated carbocycles. The van der Waals surface area contributed by atoms with Gasteiger partial charge in [-0.2, -0.15) is 4.98 Å². The maximum absolute atomic E-state index is 9.93. The molecule has 2 aromatic heterocycles. The van der Waals surface area contributed by atoms with Crippen LogP contribution in [0.15, 0.2) is 59.1 Å². The largest absolute Gasteiger partial charge is 0.436 e. The number of nitrogens with one attached hydrogen (secondary N) is 1. The average molecular weight is 401 g/mol. The number of hydrogen-bond donors (Lipinski definition) is 2. The number of piperidine rings is 1. The van der Waals surface area contributed by atoms with E-state index in [0.29, 0.717) is 18.4 Å². The maximum Gasteiger partial charge on any atom is 0.229 e. The summed E-state index contributed by atoms with van der Waals surface area (Å²) in [6.45, 7) is 3.53. The van der Waals surface area contributed by atoms with Crippen molar-refractivity contribution in [1.29, 1.82) is 0 Å². The first-order valence-electron chi connectivity index (χ1n) is 10.2. The van der Waals surface area contributed by atoms with E-state index in [1.807, 2.05) is 55.5 Å². The predicted octanol–water partition coefficient (Wildman–Crippen LogP) is 4.30. The van der Waals surface area contributed by atoms with Gasteiger partial charge in [-0.05, 0) is 61.7 Å². The van der Waals surface area contributed by atoms with E-state index in [2.05, 4.69) is 25.2 Å². The lowest BCUT2D eigenvalue weighted by Gasteiger charge is -2.31. The Morgan fingerprint density at radius 3 is 2.87 bits per heavy atom. The molecule has 0 amide bonds. The molecule has 7 heteroatoms. The molecule has 5 rings (SSSR count). The third-order valence-electron chi connectivity index (χ3n) is 5.38.